The highest BCUT2D eigenvalue weighted by molar-refractivity contribution is 6.08. The van der Waals surface area contributed by atoms with E-state index in [2.05, 4.69) is 0 Å². The zero-order valence-corrected chi connectivity index (χ0v) is 12.5. The summed E-state index contributed by atoms with van der Waals surface area (Å²) in [6.07, 6.45) is 2.31. The highest BCUT2D eigenvalue weighted by Gasteiger charge is 2.11. The number of aromatic hydroxyl groups is 2. The summed E-state index contributed by atoms with van der Waals surface area (Å²) >= 11 is 0. The Labute approximate surface area is 132 Å². The Morgan fingerprint density at radius 2 is 1.83 bits per heavy atom. The van der Waals surface area contributed by atoms with Crippen molar-refractivity contribution in [1.82, 2.24) is 0 Å². The molecule has 0 amide bonds. The Kier molecular flexibility index (Phi) is 4.85. The first kappa shape index (κ1) is 16.4. The molecule has 2 rings (SSSR count). The molecule has 0 saturated heterocycles. The minimum Gasteiger partial charge on any atom is -0.507 e. The number of halogens is 1. The number of hydrogen-bond acceptors (Lipinski definition) is 5. The van der Waals surface area contributed by atoms with E-state index in [1.807, 2.05) is 0 Å². The highest BCUT2D eigenvalue weighted by Crippen LogP contribution is 2.29. The van der Waals surface area contributed by atoms with Crippen molar-refractivity contribution in [3.63, 3.8) is 0 Å². The van der Waals surface area contributed by atoms with Gasteiger partial charge in [0.15, 0.2) is 17.3 Å². The van der Waals surface area contributed by atoms with Crippen molar-refractivity contribution in [2.24, 2.45) is 0 Å². The number of hydrogen-bond donors (Lipinski definition) is 2. The van der Waals surface area contributed by atoms with E-state index in [1.54, 1.807) is 0 Å². The largest absolute Gasteiger partial charge is 0.507 e. The molecule has 0 heterocycles. The lowest BCUT2D eigenvalue weighted by Crippen LogP contribution is -1.96. The molecule has 0 aliphatic rings. The van der Waals surface area contributed by atoms with Crippen LogP contribution in [0, 0.1) is 5.82 Å². The van der Waals surface area contributed by atoms with Crippen LogP contribution in [0.1, 0.15) is 15.9 Å². The van der Waals surface area contributed by atoms with Gasteiger partial charge in [0, 0.05) is 17.7 Å². The van der Waals surface area contributed by atoms with Crippen LogP contribution < -0.4 is 9.47 Å². The van der Waals surface area contributed by atoms with Gasteiger partial charge in [0.1, 0.15) is 17.3 Å². The lowest BCUT2D eigenvalue weighted by molar-refractivity contribution is 0.104. The minimum atomic E-state index is -0.650. The summed E-state index contributed by atoms with van der Waals surface area (Å²) in [7, 11) is 2.75. The van der Waals surface area contributed by atoms with Crippen molar-refractivity contribution in [2.45, 2.75) is 0 Å². The van der Waals surface area contributed by atoms with Gasteiger partial charge in [-0.1, -0.05) is 0 Å². The standard InChI is InChI=1S/C17H15FO5/c1-22-11-4-5-12(15(20)8-11)14(19)6-3-10-7-16(21)17(23-2)9-13(10)18/h3-9,20-21H,1-2H3. The molecule has 0 aromatic heterocycles. The average molecular weight is 318 g/mol. The van der Waals surface area contributed by atoms with Gasteiger partial charge in [-0.05, 0) is 30.4 Å². The van der Waals surface area contributed by atoms with Crippen LogP contribution in [0.3, 0.4) is 0 Å². The van der Waals surface area contributed by atoms with Crippen LogP contribution in [0.2, 0.25) is 0 Å². The Balaban J connectivity index is 2.26. The van der Waals surface area contributed by atoms with E-state index in [9.17, 15) is 19.4 Å². The van der Waals surface area contributed by atoms with Crippen molar-refractivity contribution in [3.8, 4) is 23.0 Å². The summed E-state index contributed by atoms with van der Waals surface area (Å²) in [6, 6.07) is 6.40. The SMILES string of the molecule is COc1ccc(C(=O)C=Cc2cc(O)c(OC)cc2F)c(O)c1. The second-order valence-electron chi connectivity index (χ2n) is 4.63. The molecule has 5 nitrogen and oxygen atoms in total. The number of ketones is 1. The molecule has 0 bridgehead atoms. The number of phenols is 2. The Morgan fingerprint density at radius 1 is 1.09 bits per heavy atom. The molecule has 0 spiro atoms. The molecular formula is C17H15FO5. The second kappa shape index (κ2) is 6.83. The maximum absolute atomic E-state index is 13.8. The van der Waals surface area contributed by atoms with Crippen LogP contribution >= 0.6 is 0 Å². The Morgan fingerprint density at radius 3 is 2.43 bits per heavy atom. The lowest BCUT2D eigenvalue weighted by Gasteiger charge is -2.06. The molecule has 0 aliphatic heterocycles. The normalized spacial score (nSPS) is 10.7. The fourth-order valence-electron chi connectivity index (χ4n) is 1.95. The number of allylic oxidation sites excluding steroid dienone is 1. The van der Waals surface area contributed by atoms with E-state index in [4.69, 9.17) is 9.47 Å². The first-order valence-electron chi connectivity index (χ1n) is 6.62. The van der Waals surface area contributed by atoms with Crippen molar-refractivity contribution in [2.75, 3.05) is 14.2 Å². The van der Waals surface area contributed by atoms with Crippen LogP contribution in [0.15, 0.2) is 36.4 Å². The summed E-state index contributed by atoms with van der Waals surface area (Å²) in [4.78, 5) is 12.1. The molecule has 0 unspecified atom stereocenters. The third kappa shape index (κ3) is 3.60. The van der Waals surface area contributed by atoms with Gasteiger partial charge in [-0.3, -0.25) is 4.79 Å². The summed E-state index contributed by atoms with van der Waals surface area (Å²) in [5.74, 6) is -1.24. The summed E-state index contributed by atoms with van der Waals surface area (Å²) in [5.41, 5.74) is 0.0739. The highest BCUT2D eigenvalue weighted by atomic mass is 19.1. The smallest absolute Gasteiger partial charge is 0.189 e. The minimum absolute atomic E-state index is 0.00113. The maximum atomic E-state index is 13.8. The molecule has 2 N–H and O–H groups in total. The van der Waals surface area contributed by atoms with Crippen molar-refractivity contribution in [1.29, 1.82) is 0 Å². The van der Waals surface area contributed by atoms with Gasteiger partial charge in [-0.25, -0.2) is 4.39 Å². The second-order valence-corrected chi connectivity index (χ2v) is 4.63. The number of ether oxygens (including phenoxy) is 2. The van der Waals surface area contributed by atoms with Crippen molar-refractivity contribution < 1.29 is 28.9 Å². The van der Waals surface area contributed by atoms with Gasteiger partial charge < -0.3 is 19.7 Å². The zero-order valence-electron chi connectivity index (χ0n) is 12.5. The molecule has 0 aliphatic carbocycles. The molecule has 23 heavy (non-hydrogen) atoms. The predicted octanol–water partition coefficient (Wildman–Crippen LogP) is 3.15. The fraction of sp³-hybridized carbons (Fsp3) is 0.118. The Bertz CT molecular complexity index is 768. The lowest BCUT2D eigenvalue weighted by atomic mass is 10.1. The van der Waals surface area contributed by atoms with E-state index < -0.39 is 11.6 Å². The molecule has 2 aromatic rings. The summed E-state index contributed by atoms with van der Waals surface area (Å²) < 4.78 is 23.5. The fourth-order valence-corrected chi connectivity index (χ4v) is 1.95. The van der Waals surface area contributed by atoms with Crippen LogP contribution in [-0.2, 0) is 0 Å². The van der Waals surface area contributed by atoms with E-state index in [-0.39, 0.29) is 28.4 Å². The number of carbonyl (C=O) groups is 1. The number of rotatable bonds is 5. The molecule has 0 fully saturated rings. The van der Waals surface area contributed by atoms with Gasteiger partial charge in [-0.2, -0.15) is 0 Å². The molecule has 0 atom stereocenters. The summed E-state index contributed by atoms with van der Waals surface area (Å²) in [5, 5.41) is 19.4. The van der Waals surface area contributed by atoms with Gasteiger partial charge in [0.2, 0.25) is 0 Å². The number of benzene rings is 2. The topological polar surface area (TPSA) is 76.0 Å². The van der Waals surface area contributed by atoms with E-state index in [0.717, 1.165) is 18.2 Å². The molecule has 2 aromatic carbocycles. The number of methoxy groups -OCH3 is 2. The van der Waals surface area contributed by atoms with Crippen LogP contribution in [-0.4, -0.2) is 30.2 Å². The van der Waals surface area contributed by atoms with Gasteiger partial charge >= 0.3 is 0 Å². The predicted molar refractivity (Wildman–Crippen MR) is 82.6 cm³/mol. The Hall–Kier alpha value is -3.02. The average Bonchev–Trinajstić information content (AvgIpc) is 2.54. The van der Waals surface area contributed by atoms with Crippen molar-refractivity contribution in [3.05, 3.63) is 53.4 Å². The number of phenolic OH excluding ortho intramolecular Hbond substituents is 2. The first-order chi connectivity index (χ1) is 11.0. The zero-order chi connectivity index (χ0) is 17.0. The van der Waals surface area contributed by atoms with Crippen LogP contribution in [0.5, 0.6) is 23.0 Å². The van der Waals surface area contributed by atoms with E-state index in [1.165, 1.54) is 38.5 Å². The summed E-state index contributed by atoms with van der Waals surface area (Å²) in [6.45, 7) is 0. The molecule has 0 radical (unpaired) electrons. The quantitative estimate of drug-likeness (QED) is 0.654. The third-order valence-corrected chi connectivity index (χ3v) is 3.18. The van der Waals surface area contributed by atoms with Crippen molar-refractivity contribution >= 4 is 11.9 Å². The van der Waals surface area contributed by atoms with E-state index >= 15 is 0 Å². The molecule has 0 saturated carbocycles. The molecular weight excluding hydrogens is 303 g/mol. The molecule has 120 valence electrons. The van der Waals surface area contributed by atoms with Gasteiger partial charge in [-0.15, -0.1) is 0 Å². The van der Waals surface area contributed by atoms with Crippen LogP contribution in [0.4, 0.5) is 4.39 Å². The van der Waals surface area contributed by atoms with Crippen LogP contribution in [0.25, 0.3) is 6.08 Å². The van der Waals surface area contributed by atoms with Gasteiger partial charge in [0.25, 0.3) is 0 Å². The first-order valence-corrected chi connectivity index (χ1v) is 6.62. The van der Waals surface area contributed by atoms with E-state index in [0.29, 0.717) is 5.75 Å². The number of carbonyl (C=O) groups excluding carboxylic acids is 1. The third-order valence-electron chi connectivity index (χ3n) is 3.18. The van der Waals surface area contributed by atoms with Gasteiger partial charge in [0.05, 0.1) is 19.8 Å². The monoisotopic (exact) mass is 318 g/mol. The molecule has 6 heteroatoms. The maximum Gasteiger partial charge on any atom is 0.189 e.